The number of carbonyl (C=O) groups is 2. The number of benzene rings is 2. The number of ether oxygens (including phenoxy) is 1. The maximum Gasteiger partial charge on any atom is 0.313 e. The minimum atomic E-state index is -4.21. The molecule has 2 amide bonds. The molecule has 0 spiro atoms. The second-order valence-corrected chi connectivity index (χ2v) is 11.7. The van der Waals surface area contributed by atoms with Gasteiger partial charge in [0.15, 0.2) is 12.2 Å². The van der Waals surface area contributed by atoms with E-state index in [1.807, 2.05) is 4.90 Å². The number of amides is 2. The average molecular weight is 578 g/mol. The molecule has 2 aromatic carbocycles. The lowest BCUT2D eigenvalue weighted by atomic mass is 10.0. The first-order valence-electron chi connectivity index (χ1n) is 12.3. The lowest BCUT2D eigenvalue weighted by molar-refractivity contribution is -0.137. The summed E-state index contributed by atoms with van der Waals surface area (Å²) in [6.45, 7) is 4.46. The molecule has 0 atom stereocenters. The first-order chi connectivity index (χ1) is 18.9. The molecule has 0 aliphatic carbocycles. The number of oxazole rings is 1. The van der Waals surface area contributed by atoms with Crippen LogP contribution in [0, 0.1) is 11.6 Å². The van der Waals surface area contributed by atoms with Crippen molar-refractivity contribution in [2.75, 3.05) is 45.2 Å². The van der Waals surface area contributed by atoms with Crippen LogP contribution in [0.15, 0.2) is 58.3 Å². The molecule has 14 heteroatoms. The van der Waals surface area contributed by atoms with Gasteiger partial charge in [-0.05, 0) is 44.2 Å². The molecule has 11 nitrogen and oxygen atoms in total. The second kappa shape index (κ2) is 11.7. The molecular weight excluding hydrogens is 548 g/mol. The summed E-state index contributed by atoms with van der Waals surface area (Å²) in [5.41, 5.74) is 0.112. The van der Waals surface area contributed by atoms with Crippen LogP contribution in [0.2, 0.25) is 0 Å². The summed E-state index contributed by atoms with van der Waals surface area (Å²) < 4.78 is 65.0. The summed E-state index contributed by atoms with van der Waals surface area (Å²) in [6, 6.07) is 7.12. The van der Waals surface area contributed by atoms with Gasteiger partial charge in [-0.2, -0.15) is 4.31 Å². The predicted octanol–water partition coefficient (Wildman–Crippen LogP) is 2.47. The standard InChI is InChI=1S/C26H29F2N5O6S/c1-26(2,15-32-8-10-33(11-9-32)40(36,37)23-12-17(27)4-7-20(23)28)31-25(35)24(34)30-18-5-6-19(21(13-18)38-3)22-14-29-16-39-22/h4-7,12-14,16H,8-11,15H2,1-3H3,(H,30,34)(H,31,35). The molecule has 4 rings (SSSR count). The maximum absolute atomic E-state index is 14.1. The fraction of sp³-hybridized carbons (Fsp3) is 0.346. The fourth-order valence-corrected chi connectivity index (χ4v) is 5.91. The predicted molar refractivity (Wildman–Crippen MR) is 141 cm³/mol. The van der Waals surface area contributed by atoms with Gasteiger partial charge >= 0.3 is 11.8 Å². The van der Waals surface area contributed by atoms with Crippen molar-refractivity contribution >= 4 is 27.5 Å². The van der Waals surface area contributed by atoms with E-state index in [2.05, 4.69) is 15.6 Å². The molecule has 0 saturated carbocycles. The Morgan fingerprint density at radius 3 is 2.45 bits per heavy atom. The number of hydrogen-bond acceptors (Lipinski definition) is 8. The number of rotatable bonds is 8. The van der Waals surface area contributed by atoms with Gasteiger partial charge in [-0.15, -0.1) is 0 Å². The number of sulfonamides is 1. The van der Waals surface area contributed by atoms with Gasteiger partial charge in [-0.25, -0.2) is 22.2 Å². The summed E-state index contributed by atoms with van der Waals surface area (Å²) >= 11 is 0. The van der Waals surface area contributed by atoms with Gasteiger partial charge in [-0.3, -0.25) is 14.5 Å². The largest absolute Gasteiger partial charge is 0.496 e. The summed E-state index contributed by atoms with van der Waals surface area (Å²) in [4.78, 5) is 30.3. The SMILES string of the molecule is COc1cc(NC(=O)C(=O)NC(C)(C)CN2CCN(S(=O)(=O)c3cc(F)ccc3F)CC2)ccc1-c1cnco1. The van der Waals surface area contributed by atoms with Crippen molar-refractivity contribution in [3.8, 4) is 17.1 Å². The van der Waals surface area contributed by atoms with Gasteiger partial charge in [0.2, 0.25) is 10.0 Å². The monoisotopic (exact) mass is 577 g/mol. The molecule has 214 valence electrons. The molecule has 1 aliphatic heterocycles. The summed E-state index contributed by atoms with van der Waals surface area (Å²) in [6.07, 6.45) is 2.81. The Bertz CT molecular complexity index is 1490. The van der Waals surface area contributed by atoms with Crippen LogP contribution in [0.1, 0.15) is 13.8 Å². The van der Waals surface area contributed by atoms with Gasteiger partial charge in [0.1, 0.15) is 22.3 Å². The molecule has 0 bridgehead atoms. The summed E-state index contributed by atoms with van der Waals surface area (Å²) in [5, 5.41) is 5.24. The number of nitrogens with zero attached hydrogens (tertiary/aromatic N) is 3. The number of piperazine rings is 1. The fourth-order valence-electron chi connectivity index (χ4n) is 4.41. The number of methoxy groups -OCH3 is 1. The molecule has 2 N–H and O–H groups in total. The zero-order valence-corrected chi connectivity index (χ0v) is 22.9. The highest BCUT2D eigenvalue weighted by molar-refractivity contribution is 7.89. The molecule has 1 aromatic heterocycles. The highest BCUT2D eigenvalue weighted by Gasteiger charge is 2.33. The van der Waals surface area contributed by atoms with Gasteiger partial charge in [0.25, 0.3) is 0 Å². The number of carbonyl (C=O) groups excluding carboxylic acids is 2. The third-order valence-corrected chi connectivity index (χ3v) is 8.19. The quantitative estimate of drug-likeness (QED) is 0.390. The first kappa shape index (κ1) is 29.1. The highest BCUT2D eigenvalue weighted by Crippen LogP contribution is 2.32. The molecule has 1 fully saturated rings. The van der Waals surface area contributed by atoms with E-state index in [0.717, 1.165) is 16.4 Å². The van der Waals surface area contributed by atoms with E-state index < -0.39 is 43.9 Å². The van der Waals surface area contributed by atoms with Crippen LogP contribution in [-0.4, -0.2) is 79.8 Å². The molecular formula is C26H29F2N5O6S. The van der Waals surface area contributed by atoms with Crippen molar-refractivity contribution < 1.29 is 35.9 Å². The van der Waals surface area contributed by atoms with Crippen LogP contribution >= 0.6 is 0 Å². The van der Waals surface area contributed by atoms with Gasteiger partial charge < -0.3 is 19.8 Å². The van der Waals surface area contributed by atoms with Crippen molar-refractivity contribution in [1.82, 2.24) is 19.5 Å². The van der Waals surface area contributed by atoms with Gasteiger partial charge in [-0.1, -0.05) is 0 Å². The molecule has 0 radical (unpaired) electrons. The van der Waals surface area contributed by atoms with E-state index in [4.69, 9.17) is 9.15 Å². The molecule has 0 unspecified atom stereocenters. The van der Waals surface area contributed by atoms with Crippen LogP contribution in [0.4, 0.5) is 14.5 Å². The van der Waals surface area contributed by atoms with Gasteiger partial charge in [0, 0.05) is 50.0 Å². The first-order valence-corrected chi connectivity index (χ1v) is 13.7. The Labute approximate surface area is 230 Å². The van der Waals surface area contributed by atoms with Crippen molar-refractivity contribution in [3.63, 3.8) is 0 Å². The van der Waals surface area contributed by atoms with Crippen molar-refractivity contribution in [2.45, 2.75) is 24.3 Å². The Hall–Kier alpha value is -3.88. The van der Waals surface area contributed by atoms with E-state index in [1.165, 1.54) is 19.7 Å². The number of halogens is 2. The molecule has 3 aromatic rings. The number of nitrogens with one attached hydrogen (secondary N) is 2. The zero-order valence-electron chi connectivity index (χ0n) is 22.1. The number of anilines is 1. The van der Waals surface area contributed by atoms with Crippen molar-refractivity contribution in [3.05, 3.63) is 60.6 Å². The smallest absolute Gasteiger partial charge is 0.313 e. The molecule has 40 heavy (non-hydrogen) atoms. The van der Waals surface area contributed by atoms with Crippen LogP contribution in [0.3, 0.4) is 0 Å². The summed E-state index contributed by atoms with van der Waals surface area (Å²) in [5.74, 6) is -2.70. The second-order valence-electron chi connectivity index (χ2n) is 9.83. The Morgan fingerprint density at radius 1 is 1.07 bits per heavy atom. The molecule has 1 saturated heterocycles. The Morgan fingerprint density at radius 2 is 1.80 bits per heavy atom. The van der Waals surface area contributed by atoms with E-state index in [0.29, 0.717) is 48.5 Å². The topological polar surface area (TPSA) is 134 Å². The number of hydrogen-bond donors (Lipinski definition) is 2. The van der Waals surface area contributed by atoms with Crippen LogP contribution < -0.4 is 15.4 Å². The minimum absolute atomic E-state index is 0.0503. The molecule has 2 heterocycles. The lowest BCUT2D eigenvalue weighted by Gasteiger charge is -2.38. The van der Waals surface area contributed by atoms with E-state index in [-0.39, 0.29) is 13.1 Å². The van der Waals surface area contributed by atoms with Crippen LogP contribution in [0.5, 0.6) is 5.75 Å². The van der Waals surface area contributed by atoms with Crippen LogP contribution in [-0.2, 0) is 19.6 Å². The third kappa shape index (κ3) is 6.63. The normalized spacial score (nSPS) is 15.0. The highest BCUT2D eigenvalue weighted by atomic mass is 32.2. The Kier molecular flexibility index (Phi) is 8.51. The third-order valence-electron chi connectivity index (χ3n) is 6.28. The lowest BCUT2D eigenvalue weighted by Crippen LogP contribution is -2.57. The summed E-state index contributed by atoms with van der Waals surface area (Å²) in [7, 11) is -2.75. The van der Waals surface area contributed by atoms with E-state index >= 15 is 0 Å². The molecule has 1 aliphatic rings. The Balaban J connectivity index is 1.31. The zero-order chi connectivity index (χ0) is 29.1. The van der Waals surface area contributed by atoms with Crippen molar-refractivity contribution in [2.24, 2.45) is 0 Å². The maximum atomic E-state index is 14.1. The van der Waals surface area contributed by atoms with Crippen molar-refractivity contribution in [1.29, 1.82) is 0 Å². The number of aromatic nitrogens is 1. The minimum Gasteiger partial charge on any atom is -0.496 e. The van der Waals surface area contributed by atoms with E-state index in [9.17, 15) is 26.8 Å². The van der Waals surface area contributed by atoms with Crippen LogP contribution in [0.25, 0.3) is 11.3 Å². The van der Waals surface area contributed by atoms with E-state index in [1.54, 1.807) is 32.0 Å². The average Bonchev–Trinajstić information content (AvgIpc) is 3.44. The van der Waals surface area contributed by atoms with Gasteiger partial charge in [0.05, 0.1) is 18.9 Å².